The molecular formula is C9H16. The molecule has 4 atom stereocenters. The zero-order valence-electron chi connectivity index (χ0n) is 6.43. The lowest BCUT2D eigenvalue weighted by Gasteiger charge is -2.24. The Morgan fingerprint density at radius 2 is 1.33 bits per heavy atom. The molecule has 2 aliphatic carbocycles. The molecule has 0 saturated heterocycles. The van der Waals surface area contributed by atoms with E-state index >= 15 is 0 Å². The summed E-state index contributed by atoms with van der Waals surface area (Å²) in [4.78, 5) is 0. The Morgan fingerprint density at radius 1 is 0.889 bits per heavy atom. The molecule has 2 fully saturated rings. The summed E-state index contributed by atoms with van der Waals surface area (Å²) in [6.45, 7) is 4.88. The summed E-state index contributed by atoms with van der Waals surface area (Å²) in [5.74, 6) is 4.32. The molecule has 2 saturated carbocycles. The van der Waals surface area contributed by atoms with Crippen LogP contribution in [0.15, 0.2) is 0 Å². The number of hydrogen-bond acceptors (Lipinski definition) is 0. The van der Waals surface area contributed by atoms with Crippen LogP contribution < -0.4 is 0 Å². The topological polar surface area (TPSA) is 0 Å². The van der Waals surface area contributed by atoms with Crippen molar-refractivity contribution in [3.05, 3.63) is 0 Å². The highest BCUT2D eigenvalue weighted by molar-refractivity contribution is 4.92. The molecule has 0 heterocycles. The predicted octanol–water partition coefficient (Wildman–Crippen LogP) is 2.69. The monoisotopic (exact) mass is 124 g/mol. The van der Waals surface area contributed by atoms with Crippen molar-refractivity contribution in [1.82, 2.24) is 0 Å². The van der Waals surface area contributed by atoms with Crippen molar-refractivity contribution in [1.29, 1.82) is 0 Å². The minimum absolute atomic E-state index is 1.05. The van der Waals surface area contributed by atoms with Crippen LogP contribution in [0.3, 0.4) is 0 Å². The van der Waals surface area contributed by atoms with E-state index < -0.39 is 0 Å². The van der Waals surface area contributed by atoms with Gasteiger partial charge in [-0.05, 0) is 42.9 Å². The maximum Gasteiger partial charge on any atom is -0.0383 e. The average molecular weight is 124 g/mol. The molecule has 2 bridgehead atoms. The van der Waals surface area contributed by atoms with Gasteiger partial charge in [0.15, 0.2) is 0 Å². The molecule has 0 nitrogen and oxygen atoms in total. The second-order valence-corrected chi connectivity index (χ2v) is 4.05. The lowest BCUT2D eigenvalue weighted by molar-refractivity contribution is 0.259. The first kappa shape index (κ1) is 5.76. The molecule has 0 radical (unpaired) electrons. The molecule has 0 unspecified atom stereocenters. The summed E-state index contributed by atoms with van der Waals surface area (Å²) in [7, 11) is 0. The van der Waals surface area contributed by atoms with Gasteiger partial charge in [-0.25, -0.2) is 0 Å². The second kappa shape index (κ2) is 1.74. The van der Waals surface area contributed by atoms with E-state index in [4.69, 9.17) is 0 Å². The fourth-order valence-electron chi connectivity index (χ4n) is 2.87. The van der Waals surface area contributed by atoms with Gasteiger partial charge in [0.2, 0.25) is 0 Å². The normalized spacial score (nSPS) is 56.7. The van der Waals surface area contributed by atoms with Crippen molar-refractivity contribution < 1.29 is 0 Å². The predicted molar refractivity (Wildman–Crippen MR) is 39.2 cm³/mol. The third-order valence-corrected chi connectivity index (χ3v) is 3.83. The highest BCUT2D eigenvalue weighted by atomic mass is 14.5. The van der Waals surface area contributed by atoms with Crippen LogP contribution in [0.5, 0.6) is 0 Å². The number of hydrogen-bond donors (Lipinski definition) is 0. The quantitative estimate of drug-likeness (QED) is 0.465. The smallest absolute Gasteiger partial charge is 0.0383 e. The van der Waals surface area contributed by atoms with Gasteiger partial charge in [0.25, 0.3) is 0 Å². The Bertz CT molecular complexity index is 99.2. The van der Waals surface area contributed by atoms with Gasteiger partial charge in [-0.2, -0.15) is 0 Å². The minimum atomic E-state index is 1.05. The molecule has 52 valence electrons. The minimum Gasteiger partial charge on any atom is -0.0620 e. The highest BCUT2D eigenvalue weighted by Crippen LogP contribution is 2.51. The van der Waals surface area contributed by atoms with Gasteiger partial charge in [-0.15, -0.1) is 0 Å². The van der Waals surface area contributed by atoms with Crippen LogP contribution in [0.2, 0.25) is 0 Å². The van der Waals surface area contributed by atoms with E-state index in [1.807, 2.05) is 0 Å². The second-order valence-electron chi connectivity index (χ2n) is 4.05. The summed E-state index contributed by atoms with van der Waals surface area (Å²) in [6, 6.07) is 0. The van der Waals surface area contributed by atoms with Crippen molar-refractivity contribution in [2.75, 3.05) is 0 Å². The molecular weight excluding hydrogens is 108 g/mol. The highest BCUT2D eigenvalue weighted by Gasteiger charge is 2.42. The molecule has 0 spiro atoms. The van der Waals surface area contributed by atoms with Gasteiger partial charge in [0.1, 0.15) is 0 Å². The Balaban J connectivity index is 2.15. The lowest BCUT2D eigenvalue weighted by atomic mass is 9.82. The maximum absolute atomic E-state index is 2.44. The number of rotatable bonds is 0. The Kier molecular flexibility index (Phi) is 1.12. The van der Waals surface area contributed by atoms with Crippen molar-refractivity contribution >= 4 is 0 Å². The van der Waals surface area contributed by atoms with E-state index in [1.54, 1.807) is 6.42 Å². The molecule has 0 aromatic heterocycles. The number of fused-ring (bicyclic) bond motifs is 2. The first-order valence-corrected chi connectivity index (χ1v) is 4.29. The largest absolute Gasteiger partial charge is 0.0620 e. The van der Waals surface area contributed by atoms with Gasteiger partial charge >= 0.3 is 0 Å². The van der Waals surface area contributed by atoms with E-state index in [9.17, 15) is 0 Å². The van der Waals surface area contributed by atoms with E-state index in [0.29, 0.717) is 0 Å². The molecule has 0 amide bonds. The van der Waals surface area contributed by atoms with Gasteiger partial charge in [0.05, 0.1) is 0 Å². The lowest BCUT2D eigenvalue weighted by Crippen LogP contribution is -2.15. The van der Waals surface area contributed by atoms with E-state index in [1.165, 1.54) is 12.8 Å². The fourth-order valence-corrected chi connectivity index (χ4v) is 2.87. The van der Waals surface area contributed by atoms with Crippen LogP contribution in [-0.4, -0.2) is 0 Å². The Morgan fingerprint density at radius 3 is 1.56 bits per heavy atom. The summed E-state index contributed by atoms with van der Waals surface area (Å²) < 4.78 is 0. The SMILES string of the molecule is C[C@@H]1[C@@H]2CC[C@H](C2)[C@@H]1C. The van der Waals surface area contributed by atoms with E-state index in [-0.39, 0.29) is 0 Å². The molecule has 0 N–H and O–H groups in total. The molecule has 0 heteroatoms. The van der Waals surface area contributed by atoms with Crippen LogP contribution in [-0.2, 0) is 0 Å². The van der Waals surface area contributed by atoms with Crippen LogP contribution >= 0.6 is 0 Å². The van der Waals surface area contributed by atoms with Crippen molar-refractivity contribution in [3.8, 4) is 0 Å². The molecule has 0 aromatic carbocycles. The molecule has 0 aliphatic heterocycles. The van der Waals surface area contributed by atoms with Gasteiger partial charge in [-0.1, -0.05) is 13.8 Å². The third kappa shape index (κ3) is 0.653. The van der Waals surface area contributed by atoms with Gasteiger partial charge < -0.3 is 0 Å². The average Bonchev–Trinajstić information content (AvgIpc) is 2.37. The summed E-state index contributed by atoms with van der Waals surface area (Å²) in [5.41, 5.74) is 0. The van der Waals surface area contributed by atoms with Gasteiger partial charge in [-0.3, -0.25) is 0 Å². The van der Waals surface area contributed by atoms with Crippen molar-refractivity contribution in [2.24, 2.45) is 23.7 Å². The summed E-state index contributed by atoms with van der Waals surface area (Å²) in [6.07, 6.45) is 4.63. The first-order valence-electron chi connectivity index (χ1n) is 4.29. The van der Waals surface area contributed by atoms with E-state index in [0.717, 1.165) is 23.7 Å². The van der Waals surface area contributed by atoms with Crippen LogP contribution in [0.1, 0.15) is 33.1 Å². The van der Waals surface area contributed by atoms with Crippen molar-refractivity contribution in [2.45, 2.75) is 33.1 Å². The molecule has 2 aliphatic rings. The standard InChI is InChI=1S/C9H16/c1-6-7(2)9-4-3-8(6)5-9/h6-9H,3-5H2,1-2H3/t6-,7+,8-,9-/m1/s1. The fraction of sp³-hybridized carbons (Fsp3) is 1.00. The maximum atomic E-state index is 2.44. The zero-order chi connectivity index (χ0) is 6.43. The molecule has 9 heavy (non-hydrogen) atoms. The summed E-state index contributed by atoms with van der Waals surface area (Å²) >= 11 is 0. The van der Waals surface area contributed by atoms with Crippen LogP contribution in [0, 0.1) is 23.7 Å². The molecule has 0 aromatic rings. The van der Waals surface area contributed by atoms with Crippen molar-refractivity contribution in [3.63, 3.8) is 0 Å². The van der Waals surface area contributed by atoms with Gasteiger partial charge in [0, 0.05) is 0 Å². The van der Waals surface area contributed by atoms with Crippen LogP contribution in [0.25, 0.3) is 0 Å². The third-order valence-electron chi connectivity index (χ3n) is 3.83. The Hall–Kier alpha value is 0. The van der Waals surface area contributed by atoms with Crippen LogP contribution in [0.4, 0.5) is 0 Å². The molecule has 2 rings (SSSR count). The van der Waals surface area contributed by atoms with E-state index in [2.05, 4.69) is 13.8 Å². The summed E-state index contributed by atoms with van der Waals surface area (Å²) in [5, 5.41) is 0. The Labute approximate surface area is 57.6 Å². The first-order chi connectivity index (χ1) is 4.29. The zero-order valence-corrected chi connectivity index (χ0v) is 6.43.